The van der Waals surface area contributed by atoms with Gasteiger partial charge in [0.15, 0.2) is 0 Å². The van der Waals surface area contributed by atoms with E-state index in [-0.39, 0.29) is 0 Å². The van der Waals surface area contributed by atoms with E-state index in [4.69, 9.17) is 0 Å². The zero-order chi connectivity index (χ0) is 9.00. The number of rotatable bonds is 1. The molecule has 2 aliphatic carbocycles. The molecular formula is C13H16. The van der Waals surface area contributed by atoms with E-state index in [0.717, 1.165) is 11.8 Å². The summed E-state index contributed by atoms with van der Waals surface area (Å²) in [6.45, 7) is 4.62. The lowest BCUT2D eigenvalue weighted by Gasteiger charge is -2.13. The lowest BCUT2D eigenvalue weighted by Crippen LogP contribution is -1.96. The van der Waals surface area contributed by atoms with Crippen LogP contribution in [-0.4, -0.2) is 0 Å². The summed E-state index contributed by atoms with van der Waals surface area (Å²) in [5, 5.41) is 0. The SMILES string of the molecule is CC(C)c1cccc2c1[C@@H]1C[C@@H]1C2. The topological polar surface area (TPSA) is 0 Å². The van der Waals surface area contributed by atoms with Crippen molar-refractivity contribution >= 4 is 0 Å². The molecule has 0 unspecified atom stereocenters. The summed E-state index contributed by atoms with van der Waals surface area (Å²) < 4.78 is 0. The van der Waals surface area contributed by atoms with Gasteiger partial charge < -0.3 is 0 Å². The first kappa shape index (κ1) is 7.61. The van der Waals surface area contributed by atoms with Crippen LogP contribution in [0.3, 0.4) is 0 Å². The van der Waals surface area contributed by atoms with Gasteiger partial charge in [0.2, 0.25) is 0 Å². The summed E-state index contributed by atoms with van der Waals surface area (Å²) in [5.74, 6) is 2.68. The number of fused-ring (bicyclic) bond motifs is 3. The molecule has 2 aliphatic rings. The summed E-state index contributed by atoms with van der Waals surface area (Å²) in [7, 11) is 0. The van der Waals surface area contributed by atoms with Crippen molar-refractivity contribution in [2.24, 2.45) is 5.92 Å². The van der Waals surface area contributed by atoms with Crippen LogP contribution in [0, 0.1) is 5.92 Å². The van der Waals surface area contributed by atoms with Crippen molar-refractivity contribution < 1.29 is 0 Å². The molecule has 13 heavy (non-hydrogen) atoms. The maximum atomic E-state index is 2.33. The van der Waals surface area contributed by atoms with Gasteiger partial charge in [0.1, 0.15) is 0 Å². The summed E-state index contributed by atoms with van der Waals surface area (Å²) in [6, 6.07) is 6.89. The average molecular weight is 172 g/mol. The summed E-state index contributed by atoms with van der Waals surface area (Å²) in [6.07, 6.45) is 2.83. The lowest BCUT2D eigenvalue weighted by atomic mass is 9.92. The summed E-state index contributed by atoms with van der Waals surface area (Å²) >= 11 is 0. The molecule has 0 heterocycles. The molecule has 2 atom stereocenters. The Kier molecular flexibility index (Phi) is 1.39. The Hall–Kier alpha value is -0.780. The fourth-order valence-corrected chi connectivity index (χ4v) is 2.88. The standard InChI is InChI=1S/C13H16/c1-8(2)11-5-3-4-9-6-10-7-12(10)13(9)11/h3-5,8,10,12H,6-7H2,1-2H3/t10-,12+/m0/s1. The molecule has 1 aromatic rings. The Morgan fingerprint density at radius 3 is 2.92 bits per heavy atom. The van der Waals surface area contributed by atoms with Crippen molar-refractivity contribution in [1.82, 2.24) is 0 Å². The summed E-state index contributed by atoms with van der Waals surface area (Å²) in [4.78, 5) is 0. The van der Waals surface area contributed by atoms with Crippen LogP contribution in [0.15, 0.2) is 18.2 Å². The van der Waals surface area contributed by atoms with Crippen molar-refractivity contribution in [3.05, 3.63) is 34.9 Å². The van der Waals surface area contributed by atoms with E-state index in [1.165, 1.54) is 12.8 Å². The Labute approximate surface area is 80.0 Å². The Morgan fingerprint density at radius 1 is 1.31 bits per heavy atom. The first-order valence-corrected chi connectivity index (χ1v) is 5.39. The predicted octanol–water partition coefficient (Wildman–Crippen LogP) is 3.47. The second-order valence-electron chi connectivity index (χ2n) is 4.88. The van der Waals surface area contributed by atoms with E-state index in [0.29, 0.717) is 5.92 Å². The molecule has 3 rings (SSSR count). The first-order chi connectivity index (χ1) is 6.27. The smallest absolute Gasteiger partial charge is 0.0122 e. The van der Waals surface area contributed by atoms with Crippen LogP contribution in [0.2, 0.25) is 0 Å². The molecule has 0 saturated heterocycles. The van der Waals surface area contributed by atoms with Crippen LogP contribution in [0.1, 0.15) is 48.8 Å². The molecule has 0 heteroatoms. The van der Waals surface area contributed by atoms with Gasteiger partial charge in [-0.25, -0.2) is 0 Å². The highest BCUT2D eigenvalue weighted by molar-refractivity contribution is 5.47. The number of hydrogen-bond donors (Lipinski definition) is 0. The van der Waals surface area contributed by atoms with Crippen molar-refractivity contribution in [3.8, 4) is 0 Å². The third-order valence-corrected chi connectivity index (χ3v) is 3.63. The molecule has 68 valence electrons. The Morgan fingerprint density at radius 2 is 2.15 bits per heavy atom. The van der Waals surface area contributed by atoms with Crippen molar-refractivity contribution in [2.75, 3.05) is 0 Å². The normalized spacial score (nSPS) is 28.8. The zero-order valence-corrected chi connectivity index (χ0v) is 8.38. The van der Waals surface area contributed by atoms with Crippen LogP contribution in [0.5, 0.6) is 0 Å². The zero-order valence-electron chi connectivity index (χ0n) is 8.38. The van der Waals surface area contributed by atoms with Crippen LogP contribution in [0.4, 0.5) is 0 Å². The fraction of sp³-hybridized carbons (Fsp3) is 0.538. The van der Waals surface area contributed by atoms with E-state index in [2.05, 4.69) is 32.0 Å². The van der Waals surface area contributed by atoms with Crippen LogP contribution in [-0.2, 0) is 6.42 Å². The van der Waals surface area contributed by atoms with Gasteiger partial charge in [-0.05, 0) is 47.3 Å². The van der Waals surface area contributed by atoms with Crippen LogP contribution in [0.25, 0.3) is 0 Å². The van der Waals surface area contributed by atoms with Gasteiger partial charge in [-0.2, -0.15) is 0 Å². The minimum atomic E-state index is 0.703. The largest absolute Gasteiger partial charge is 0.0617 e. The van der Waals surface area contributed by atoms with Gasteiger partial charge in [0.25, 0.3) is 0 Å². The quantitative estimate of drug-likeness (QED) is 0.608. The summed E-state index contributed by atoms with van der Waals surface area (Å²) in [5.41, 5.74) is 4.98. The molecule has 0 N–H and O–H groups in total. The van der Waals surface area contributed by atoms with Gasteiger partial charge in [0.05, 0.1) is 0 Å². The van der Waals surface area contributed by atoms with Gasteiger partial charge in [-0.3, -0.25) is 0 Å². The van der Waals surface area contributed by atoms with Crippen LogP contribution < -0.4 is 0 Å². The maximum absolute atomic E-state index is 2.33. The second kappa shape index (κ2) is 2.37. The van der Waals surface area contributed by atoms with Gasteiger partial charge in [0, 0.05) is 0 Å². The first-order valence-electron chi connectivity index (χ1n) is 5.39. The predicted molar refractivity (Wildman–Crippen MR) is 55.1 cm³/mol. The monoisotopic (exact) mass is 172 g/mol. The van der Waals surface area contributed by atoms with E-state index in [1.54, 1.807) is 16.7 Å². The average Bonchev–Trinajstić information content (AvgIpc) is 2.77. The highest BCUT2D eigenvalue weighted by atomic mass is 14.5. The van der Waals surface area contributed by atoms with Crippen molar-refractivity contribution in [1.29, 1.82) is 0 Å². The second-order valence-corrected chi connectivity index (χ2v) is 4.88. The van der Waals surface area contributed by atoms with Crippen molar-refractivity contribution in [2.45, 2.75) is 38.5 Å². The lowest BCUT2D eigenvalue weighted by molar-refractivity contribution is 0.841. The molecule has 0 nitrogen and oxygen atoms in total. The van der Waals surface area contributed by atoms with E-state index < -0.39 is 0 Å². The van der Waals surface area contributed by atoms with E-state index in [1.807, 2.05) is 0 Å². The number of benzene rings is 1. The van der Waals surface area contributed by atoms with E-state index in [9.17, 15) is 0 Å². The highest BCUT2D eigenvalue weighted by Gasteiger charge is 2.46. The molecule has 0 aliphatic heterocycles. The van der Waals surface area contributed by atoms with Crippen LogP contribution >= 0.6 is 0 Å². The molecule has 1 saturated carbocycles. The minimum absolute atomic E-state index is 0.703. The molecular weight excluding hydrogens is 156 g/mol. The van der Waals surface area contributed by atoms with Gasteiger partial charge in [-0.1, -0.05) is 32.0 Å². The maximum Gasteiger partial charge on any atom is -0.0122 e. The van der Waals surface area contributed by atoms with Crippen molar-refractivity contribution in [3.63, 3.8) is 0 Å². The molecule has 0 radical (unpaired) electrons. The highest BCUT2D eigenvalue weighted by Crippen LogP contribution is 2.57. The molecule has 0 aromatic heterocycles. The van der Waals surface area contributed by atoms with Gasteiger partial charge >= 0.3 is 0 Å². The Balaban J connectivity index is 2.16. The fourth-order valence-electron chi connectivity index (χ4n) is 2.88. The van der Waals surface area contributed by atoms with E-state index >= 15 is 0 Å². The van der Waals surface area contributed by atoms with Gasteiger partial charge in [-0.15, -0.1) is 0 Å². The molecule has 1 aromatic carbocycles. The molecule has 0 bridgehead atoms. The number of hydrogen-bond acceptors (Lipinski definition) is 0. The molecule has 0 amide bonds. The molecule has 0 spiro atoms. The minimum Gasteiger partial charge on any atom is -0.0617 e. The Bertz CT molecular complexity index is 349. The molecule has 1 fully saturated rings. The third-order valence-electron chi connectivity index (χ3n) is 3.63. The third kappa shape index (κ3) is 0.979.